The highest BCUT2D eigenvalue weighted by atomic mass is 32.2. The Labute approximate surface area is 133 Å². The maximum Gasteiger partial charge on any atom is 0.417 e. The molecular formula is C14H11F3N2O3S. The van der Waals surface area contributed by atoms with Crippen LogP contribution in [-0.2, 0) is 12.7 Å². The summed E-state index contributed by atoms with van der Waals surface area (Å²) in [7, 11) is 0. The van der Waals surface area contributed by atoms with Gasteiger partial charge in [0.1, 0.15) is 17.3 Å². The molecule has 1 aliphatic rings. The summed E-state index contributed by atoms with van der Waals surface area (Å²) in [5.74, 6) is -1.05. The number of nitrogens with zero attached hydrogens (tertiary/aromatic N) is 2. The number of aromatic nitrogens is 2. The Balaban J connectivity index is 2.09. The van der Waals surface area contributed by atoms with Gasteiger partial charge in [-0.25, -0.2) is 4.68 Å². The van der Waals surface area contributed by atoms with E-state index >= 15 is 0 Å². The average Bonchev–Trinajstić information content (AvgIpc) is 3.10. The molecule has 0 saturated carbocycles. The van der Waals surface area contributed by atoms with Crippen LogP contribution in [0.25, 0.3) is 0 Å². The van der Waals surface area contributed by atoms with Gasteiger partial charge in [0, 0.05) is 6.54 Å². The monoisotopic (exact) mass is 344 g/mol. The molecule has 1 N–H and O–H groups in total. The SMILES string of the molecule is CCn1ncc(C(=O)c2ccc(C(F)(F)F)c3c2OCS3)c1O. The third-order valence-corrected chi connectivity index (χ3v) is 4.35. The fourth-order valence-electron chi connectivity index (χ4n) is 2.31. The number of halogens is 3. The highest BCUT2D eigenvalue weighted by molar-refractivity contribution is 7.99. The number of alkyl halides is 3. The molecule has 1 aliphatic heterocycles. The van der Waals surface area contributed by atoms with Gasteiger partial charge >= 0.3 is 6.18 Å². The number of carbonyl (C=O) groups excluding carboxylic acids is 1. The summed E-state index contributed by atoms with van der Waals surface area (Å²) in [6.07, 6.45) is -3.34. The third kappa shape index (κ3) is 2.54. The quantitative estimate of drug-likeness (QED) is 0.866. The van der Waals surface area contributed by atoms with E-state index in [1.165, 1.54) is 10.9 Å². The number of ether oxygens (including phenoxy) is 1. The van der Waals surface area contributed by atoms with Gasteiger partial charge in [-0.2, -0.15) is 18.3 Å². The number of thioether (sulfide) groups is 1. The van der Waals surface area contributed by atoms with E-state index in [-0.39, 0.29) is 33.6 Å². The van der Waals surface area contributed by atoms with Gasteiger partial charge in [-0.1, -0.05) is 11.8 Å². The van der Waals surface area contributed by atoms with Crippen LogP contribution in [0.2, 0.25) is 0 Å². The summed E-state index contributed by atoms with van der Waals surface area (Å²) < 4.78 is 45.4. The van der Waals surface area contributed by atoms with E-state index in [0.717, 1.165) is 23.9 Å². The zero-order valence-corrected chi connectivity index (χ0v) is 12.7. The molecule has 23 heavy (non-hydrogen) atoms. The number of rotatable bonds is 3. The number of fused-ring (bicyclic) bond motifs is 1. The Morgan fingerprint density at radius 1 is 1.43 bits per heavy atom. The summed E-state index contributed by atoms with van der Waals surface area (Å²) in [6.45, 7) is 2.09. The van der Waals surface area contributed by atoms with Gasteiger partial charge in [0.15, 0.2) is 0 Å². The van der Waals surface area contributed by atoms with Gasteiger partial charge < -0.3 is 9.84 Å². The fraction of sp³-hybridized carbons (Fsp3) is 0.286. The number of hydrogen-bond donors (Lipinski definition) is 1. The van der Waals surface area contributed by atoms with Crippen LogP contribution in [0.3, 0.4) is 0 Å². The van der Waals surface area contributed by atoms with Gasteiger partial charge in [0.25, 0.3) is 0 Å². The van der Waals surface area contributed by atoms with E-state index in [1.807, 2.05) is 0 Å². The lowest BCUT2D eigenvalue weighted by Gasteiger charge is -2.12. The van der Waals surface area contributed by atoms with E-state index < -0.39 is 17.5 Å². The molecule has 0 fully saturated rings. The van der Waals surface area contributed by atoms with Crippen molar-refractivity contribution in [3.8, 4) is 11.6 Å². The molecule has 0 radical (unpaired) electrons. The first-order chi connectivity index (χ1) is 10.8. The number of ketones is 1. The number of benzene rings is 1. The van der Waals surface area contributed by atoms with Gasteiger partial charge in [0.05, 0.1) is 22.2 Å². The van der Waals surface area contributed by atoms with Crippen molar-refractivity contribution in [2.75, 3.05) is 5.94 Å². The van der Waals surface area contributed by atoms with Crippen molar-refractivity contribution in [3.05, 3.63) is 35.0 Å². The molecule has 0 amide bonds. The minimum Gasteiger partial charge on any atom is -0.493 e. The summed E-state index contributed by atoms with van der Waals surface area (Å²) in [4.78, 5) is 12.4. The van der Waals surface area contributed by atoms with Crippen molar-refractivity contribution in [2.24, 2.45) is 0 Å². The molecule has 0 spiro atoms. The van der Waals surface area contributed by atoms with Crippen molar-refractivity contribution in [1.82, 2.24) is 9.78 Å². The maximum atomic E-state index is 13.0. The van der Waals surface area contributed by atoms with Gasteiger partial charge in [-0.3, -0.25) is 4.79 Å². The van der Waals surface area contributed by atoms with Gasteiger partial charge in [0.2, 0.25) is 11.7 Å². The number of aromatic hydroxyl groups is 1. The standard InChI is InChI=1S/C14H11F3N2O3S/c1-2-19-13(21)8(5-18-19)10(20)7-3-4-9(14(15,16)17)12-11(7)22-6-23-12/h3-5,21H,2,6H2,1H3. The molecule has 9 heteroatoms. The second kappa shape index (κ2) is 5.48. The Kier molecular flexibility index (Phi) is 3.75. The zero-order chi connectivity index (χ0) is 16.8. The highest BCUT2D eigenvalue weighted by Crippen LogP contribution is 2.47. The zero-order valence-electron chi connectivity index (χ0n) is 11.8. The molecule has 1 aromatic carbocycles. The van der Waals surface area contributed by atoms with E-state index in [1.54, 1.807) is 6.92 Å². The van der Waals surface area contributed by atoms with Crippen LogP contribution in [0.4, 0.5) is 13.2 Å². The minimum atomic E-state index is -4.53. The van der Waals surface area contributed by atoms with E-state index in [4.69, 9.17) is 4.74 Å². The van der Waals surface area contributed by atoms with Gasteiger partial charge in [-0.15, -0.1) is 0 Å². The lowest BCUT2D eigenvalue weighted by Crippen LogP contribution is -2.09. The Morgan fingerprint density at radius 3 is 2.78 bits per heavy atom. The molecule has 0 aliphatic carbocycles. The Morgan fingerprint density at radius 2 is 2.17 bits per heavy atom. The molecule has 2 heterocycles. The summed E-state index contributed by atoms with van der Waals surface area (Å²) in [5, 5.41) is 13.8. The topological polar surface area (TPSA) is 64.4 Å². The van der Waals surface area contributed by atoms with Crippen molar-refractivity contribution in [3.63, 3.8) is 0 Å². The van der Waals surface area contributed by atoms with E-state index in [9.17, 15) is 23.1 Å². The second-order valence-electron chi connectivity index (χ2n) is 4.75. The molecule has 122 valence electrons. The second-order valence-corrected chi connectivity index (χ2v) is 5.68. The first kappa shape index (κ1) is 15.7. The van der Waals surface area contributed by atoms with Crippen molar-refractivity contribution < 1.29 is 27.8 Å². The Hall–Kier alpha value is -2.16. The first-order valence-electron chi connectivity index (χ1n) is 6.63. The van der Waals surface area contributed by atoms with Crippen LogP contribution in [0.15, 0.2) is 23.2 Å². The summed E-state index contributed by atoms with van der Waals surface area (Å²) in [5.41, 5.74) is -0.932. The average molecular weight is 344 g/mol. The van der Waals surface area contributed by atoms with Gasteiger partial charge in [-0.05, 0) is 19.1 Å². The summed E-state index contributed by atoms with van der Waals surface area (Å²) in [6, 6.07) is 1.92. The van der Waals surface area contributed by atoms with Crippen LogP contribution in [-0.4, -0.2) is 26.6 Å². The lowest BCUT2D eigenvalue weighted by atomic mass is 10.0. The number of hydrogen-bond acceptors (Lipinski definition) is 5. The Bertz CT molecular complexity index is 786. The third-order valence-electron chi connectivity index (χ3n) is 3.42. The van der Waals surface area contributed by atoms with Crippen LogP contribution in [0.5, 0.6) is 11.6 Å². The van der Waals surface area contributed by atoms with E-state index in [2.05, 4.69) is 5.10 Å². The molecule has 3 rings (SSSR count). The summed E-state index contributed by atoms with van der Waals surface area (Å²) >= 11 is 0.884. The smallest absolute Gasteiger partial charge is 0.417 e. The molecule has 5 nitrogen and oxygen atoms in total. The lowest BCUT2D eigenvalue weighted by molar-refractivity contribution is -0.139. The molecule has 0 unspecified atom stereocenters. The largest absolute Gasteiger partial charge is 0.493 e. The van der Waals surface area contributed by atoms with Crippen molar-refractivity contribution in [1.29, 1.82) is 0 Å². The molecule has 0 bridgehead atoms. The number of carbonyl (C=O) groups is 1. The molecule has 0 saturated heterocycles. The normalized spacial score (nSPS) is 13.7. The van der Waals surface area contributed by atoms with Crippen LogP contribution < -0.4 is 4.74 Å². The minimum absolute atomic E-state index is 0.00289. The van der Waals surface area contributed by atoms with Crippen LogP contribution in [0, 0.1) is 0 Å². The van der Waals surface area contributed by atoms with Crippen LogP contribution >= 0.6 is 11.8 Å². The fourth-order valence-corrected chi connectivity index (χ4v) is 3.25. The number of aryl methyl sites for hydroxylation is 1. The molecule has 0 atom stereocenters. The first-order valence-corrected chi connectivity index (χ1v) is 7.62. The van der Waals surface area contributed by atoms with Crippen molar-refractivity contribution in [2.45, 2.75) is 24.5 Å². The molecule has 2 aromatic rings. The van der Waals surface area contributed by atoms with E-state index in [0.29, 0.717) is 6.54 Å². The maximum absolute atomic E-state index is 13.0. The predicted octanol–water partition coefficient (Wildman–Crippen LogP) is 3.30. The predicted molar refractivity (Wildman–Crippen MR) is 75.8 cm³/mol. The molecular weight excluding hydrogens is 333 g/mol. The van der Waals surface area contributed by atoms with Crippen LogP contribution in [0.1, 0.15) is 28.4 Å². The highest BCUT2D eigenvalue weighted by Gasteiger charge is 2.38. The van der Waals surface area contributed by atoms with Crippen molar-refractivity contribution >= 4 is 17.5 Å². The molecule has 1 aromatic heterocycles.